The molecule has 26 heteroatoms. The smallest absolute Gasteiger partial charge is 0.326 e. The van der Waals surface area contributed by atoms with Gasteiger partial charge in [0.25, 0.3) is 0 Å². The van der Waals surface area contributed by atoms with E-state index in [4.69, 9.17) is 5.73 Å². The van der Waals surface area contributed by atoms with Crippen molar-refractivity contribution in [2.24, 2.45) is 11.7 Å². The highest BCUT2D eigenvalue weighted by atomic mass is 16.4. The van der Waals surface area contributed by atoms with Gasteiger partial charge in [-0.25, -0.2) is 9.78 Å². The summed E-state index contributed by atoms with van der Waals surface area (Å²) in [5, 5.41) is 57.0. The second-order valence-corrected chi connectivity index (χ2v) is 17.2. The van der Waals surface area contributed by atoms with Crippen LogP contribution in [0, 0.1) is 5.92 Å². The molecule has 26 nitrogen and oxygen atoms in total. The summed E-state index contributed by atoms with van der Waals surface area (Å²) in [4.78, 5) is 141. The van der Waals surface area contributed by atoms with Gasteiger partial charge in [-0.15, -0.1) is 0 Å². The minimum absolute atomic E-state index is 0.0397. The standard InChI is InChI=1S/C41H64N12O14/c1-21(2)14-26(41(66)67)48-38(63)30-7-4-12-52(30)40(65)31-8-5-13-53(31)39(64)25(15-22-16-43-20-45-22)47-36(61)28(18-55)51-37(62)29(19-56)50-34(59)24(9-10-32(42)57)46-35(60)27(17-54)49-33(58)23-6-3-11-44-23/h16,20-21,23-31,44,54-56H,3-15,17-19H2,1-2H3,(H2,42,57)(H,43,45)(H,46,60)(H,47,61)(H,48,63)(H,49,58)(H,50,59)(H,51,62)(H,66,67)/t23-,24-,25-,26-,27-,28-,29-,30-,31-/m0/s1. The third-order valence-electron chi connectivity index (χ3n) is 11.7. The Bertz CT molecular complexity index is 1930. The lowest BCUT2D eigenvalue weighted by Gasteiger charge is -2.33. The number of carboxylic acid groups (broad SMARTS) is 1. The number of imidazole rings is 1. The molecule has 4 rings (SSSR count). The Labute approximate surface area is 385 Å². The van der Waals surface area contributed by atoms with Crippen LogP contribution in [0.2, 0.25) is 0 Å². The van der Waals surface area contributed by atoms with Crippen LogP contribution in [0.15, 0.2) is 12.5 Å². The Kier molecular flexibility index (Phi) is 20.4. The molecule has 67 heavy (non-hydrogen) atoms. The zero-order valence-corrected chi connectivity index (χ0v) is 37.5. The van der Waals surface area contributed by atoms with Crippen LogP contribution in [0.4, 0.5) is 0 Å². The van der Waals surface area contributed by atoms with E-state index in [9.17, 15) is 68.4 Å². The first-order chi connectivity index (χ1) is 31.9. The molecule has 0 radical (unpaired) electrons. The van der Waals surface area contributed by atoms with Gasteiger partial charge >= 0.3 is 5.97 Å². The minimum atomic E-state index is -1.82. The Morgan fingerprint density at radius 1 is 0.701 bits per heavy atom. The molecular formula is C41H64N12O14. The number of rotatable bonds is 25. The summed E-state index contributed by atoms with van der Waals surface area (Å²) in [6.07, 6.45) is 4.41. The molecule has 3 fully saturated rings. The first kappa shape index (κ1) is 53.4. The summed E-state index contributed by atoms with van der Waals surface area (Å²) in [5.41, 5.74) is 5.64. The molecule has 0 aromatic carbocycles. The van der Waals surface area contributed by atoms with E-state index in [0.29, 0.717) is 37.9 Å². The summed E-state index contributed by atoms with van der Waals surface area (Å²) in [7, 11) is 0. The maximum absolute atomic E-state index is 14.3. The van der Waals surface area contributed by atoms with Crippen LogP contribution in [-0.2, 0) is 54.4 Å². The number of aromatic amines is 1. The van der Waals surface area contributed by atoms with Gasteiger partial charge in [-0.2, -0.15) is 0 Å². The summed E-state index contributed by atoms with van der Waals surface area (Å²) >= 11 is 0. The van der Waals surface area contributed by atoms with E-state index in [2.05, 4.69) is 47.2 Å². The number of primary amides is 1. The number of carboxylic acids is 1. The van der Waals surface area contributed by atoms with Crippen molar-refractivity contribution in [1.29, 1.82) is 0 Å². The fourth-order valence-electron chi connectivity index (χ4n) is 8.17. The van der Waals surface area contributed by atoms with Gasteiger partial charge in [0.2, 0.25) is 53.2 Å². The maximum atomic E-state index is 14.3. The zero-order chi connectivity index (χ0) is 49.4. The minimum Gasteiger partial charge on any atom is -0.480 e. The first-order valence-corrected chi connectivity index (χ1v) is 22.4. The average Bonchev–Trinajstić information content (AvgIpc) is 4.15. The topological polar surface area (TPSA) is 397 Å². The van der Waals surface area contributed by atoms with Crippen LogP contribution in [0.3, 0.4) is 0 Å². The average molecular weight is 949 g/mol. The highest BCUT2D eigenvalue weighted by Gasteiger charge is 2.44. The molecule has 3 aliphatic rings. The number of hydrogen-bond acceptors (Lipinski definition) is 15. The molecule has 9 amide bonds. The van der Waals surface area contributed by atoms with Gasteiger partial charge in [0, 0.05) is 37.8 Å². The van der Waals surface area contributed by atoms with Crippen molar-refractivity contribution in [3.8, 4) is 0 Å². The monoisotopic (exact) mass is 948 g/mol. The molecule has 3 aliphatic heterocycles. The van der Waals surface area contributed by atoms with Crippen molar-refractivity contribution in [2.75, 3.05) is 39.5 Å². The number of carbonyl (C=O) groups excluding carboxylic acids is 9. The molecule has 1 aromatic rings. The molecule has 4 heterocycles. The molecule has 0 saturated carbocycles. The molecule has 0 aliphatic carbocycles. The van der Waals surface area contributed by atoms with Crippen LogP contribution in [0.5, 0.6) is 0 Å². The van der Waals surface area contributed by atoms with Crippen molar-refractivity contribution in [3.05, 3.63) is 18.2 Å². The lowest BCUT2D eigenvalue weighted by atomic mass is 10.0. The molecule has 9 atom stereocenters. The Balaban J connectivity index is 1.44. The van der Waals surface area contributed by atoms with E-state index in [1.54, 1.807) is 0 Å². The largest absolute Gasteiger partial charge is 0.480 e. The molecule has 1 aromatic heterocycles. The number of aromatic nitrogens is 2. The first-order valence-electron chi connectivity index (χ1n) is 22.4. The number of nitrogens with one attached hydrogen (secondary N) is 8. The van der Waals surface area contributed by atoms with E-state index >= 15 is 0 Å². The van der Waals surface area contributed by atoms with Crippen LogP contribution in [0.25, 0.3) is 0 Å². The molecule has 14 N–H and O–H groups in total. The van der Waals surface area contributed by atoms with Gasteiger partial charge in [-0.3, -0.25) is 43.2 Å². The number of H-pyrrole nitrogens is 1. The summed E-state index contributed by atoms with van der Waals surface area (Å²) in [6, 6.07) is -11.9. The van der Waals surface area contributed by atoms with Gasteiger partial charge in [0.15, 0.2) is 0 Å². The van der Waals surface area contributed by atoms with E-state index in [1.165, 1.54) is 22.3 Å². The van der Waals surface area contributed by atoms with Gasteiger partial charge < -0.3 is 78.2 Å². The number of aliphatic hydroxyl groups is 3. The normalized spacial score (nSPS) is 20.7. The molecule has 0 unspecified atom stereocenters. The number of hydrogen-bond donors (Lipinski definition) is 13. The molecule has 0 spiro atoms. The quantitative estimate of drug-likeness (QED) is 0.0434. The highest BCUT2D eigenvalue weighted by Crippen LogP contribution is 2.26. The van der Waals surface area contributed by atoms with Gasteiger partial charge in [0.05, 0.1) is 32.2 Å². The van der Waals surface area contributed by atoms with Crippen LogP contribution < -0.4 is 43.0 Å². The Morgan fingerprint density at radius 3 is 1.76 bits per heavy atom. The third kappa shape index (κ3) is 15.1. The second kappa shape index (κ2) is 25.6. The van der Waals surface area contributed by atoms with Crippen molar-refractivity contribution in [1.82, 2.24) is 57.0 Å². The fourth-order valence-corrected chi connectivity index (χ4v) is 8.17. The Hall–Kier alpha value is -6.25. The summed E-state index contributed by atoms with van der Waals surface area (Å²) < 4.78 is 0. The number of nitrogens with two attached hydrogens (primary N) is 1. The predicted molar refractivity (Wildman–Crippen MR) is 231 cm³/mol. The molecule has 3 saturated heterocycles. The van der Waals surface area contributed by atoms with E-state index in [-0.39, 0.29) is 44.7 Å². The Morgan fingerprint density at radius 2 is 1.24 bits per heavy atom. The van der Waals surface area contributed by atoms with Crippen molar-refractivity contribution in [2.45, 2.75) is 132 Å². The van der Waals surface area contributed by atoms with E-state index in [0.717, 1.165) is 0 Å². The van der Waals surface area contributed by atoms with E-state index in [1.807, 2.05) is 13.8 Å². The van der Waals surface area contributed by atoms with Crippen LogP contribution in [-0.4, -0.2) is 193 Å². The number of likely N-dealkylation sites (tertiary alicyclic amines) is 2. The second-order valence-electron chi connectivity index (χ2n) is 17.2. The predicted octanol–water partition coefficient (Wildman–Crippen LogP) is -6.03. The third-order valence-corrected chi connectivity index (χ3v) is 11.7. The van der Waals surface area contributed by atoms with Crippen LogP contribution >= 0.6 is 0 Å². The number of aliphatic hydroxyl groups excluding tert-OH is 3. The number of amides is 9. The van der Waals surface area contributed by atoms with Gasteiger partial charge in [-0.1, -0.05) is 13.8 Å². The number of nitrogens with zero attached hydrogens (tertiary/aromatic N) is 3. The lowest BCUT2D eigenvalue weighted by Crippen LogP contribution is -2.61. The van der Waals surface area contributed by atoms with Crippen molar-refractivity contribution >= 4 is 59.1 Å². The molecule has 0 bridgehead atoms. The highest BCUT2D eigenvalue weighted by molar-refractivity contribution is 5.98. The lowest BCUT2D eigenvalue weighted by molar-refractivity contribution is -0.149. The molecular weight excluding hydrogens is 885 g/mol. The van der Waals surface area contributed by atoms with Gasteiger partial charge in [-0.05, 0) is 63.8 Å². The zero-order valence-electron chi connectivity index (χ0n) is 37.5. The fraction of sp³-hybridized carbons (Fsp3) is 0.683. The van der Waals surface area contributed by atoms with Crippen LogP contribution in [0.1, 0.15) is 77.3 Å². The van der Waals surface area contributed by atoms with Gasteiger partial charge in [0.1, 0.15) is 48.3 Å². The SMILES string of the molecule is CC(C)C[C@H](NC(=O)[C@@H]1CCCN1C(=O)[C@@H]1CCCN1C(=O)[C@H](Cc1cnc[nH]1)NC(=O)[C@H](CO)NC(=O)[C@H](CO)NC(=O)[C@H](CCC(N)=O)NC(=O)[C@H](CO)NC(=O)[C@@H]1CCCN1)C(=O)O. The maximum Gasteiger partial charge on any atom is 0.326 e. The number of carbonyl (C=O) groups is 10. The van der Waals surface area contributed by atoms with E-state index < -0.39 is 146 Å². The summed E-state index contributed by atoms with van der Waals surface area (Å²) in [5.74, 6) is -8.94. The van der Waals surface area contributed by atoms with Crippen molar-refractivity contribution < 1.29 is 68.4 Å². The summed E-state index contributed by atoms with van der Waals surface area (Å²) in [6.45, 7) is 1.51. The van der Waals surface area contributed by atoms with Crippen molar-refractivity contribution in [3.63, 3.8) is 0 Å². The number of aliphatic carboxylic acids is 1. The molecule has 372 valence electrons.